The lowest BCUT2D eigenvalue weighted by Crippen LogP contribution is -1.95. The summed E-state index contributed by atoms with van der Waals surface area (Å²) in [6.45, 7) is 11.0. The first kappa shape index (κ1) is 27.8. The van der Waals surface area contributed by atoms with Gasteiger partial charge in [-0.1, -0.05) is 32.8 Å². The first-order chi connectivity index (χ1) is 9.66. The third kappa shape index (κ3) is 84.4. The van der Waals surface area contributed by atoms with Crippen molar-refractivity contribution in [1.29, 1.82) is 0 Å². The lowest BCUT2D eigenvalue weighted by atomic mass is 10.3. The summed E-state index contributed by atoms with van der Waals surface area (Å²) in [6.07, 6.45) is 6.66. The Morgan fingerprint density at radius 3 is 1.20 bits per heavy atom. The molecule has 0 fully saturated rings. The molecule has 0 amide bonds. The van der Waals surface area contributed by atoms with Gasteiger partial charge in [0, 0.05) is 13.2 Å². The number of unbranched alkanes of at least 4 members (excludes halogenated alkanes) is 2. The fourth-order valence-corrected chi connectivity index (χ4v) is 0.595. The summed E-state index contributed by atoms with van der Waals surface area (Å²) in [5, 5.41) is 30.5. The minimum absolute atomic E-state index is 0.125. The van der Waals surface area contributed by atoms with Gasteiger partial charge in [0.25, 0.3) is 0 Å². The van der Waals surface area contributed by atoms with Crippen molar-refractivity contribution in [2.24, 2.45) is 0 Å². The Kier molecular flexibility index (Phi) is 59.6. The third-order valence-electron chi connectivity index (χ3n) is 1.48. The lowest BCUT2D eigenvalue weighted by molar-refractivity contribution is 0.128. The van der Waals surface area contributed by atoms with E-state index in [4.69, 9.17) is 25.2 Å². The highest BCUT2D eigenvalue weighted by Gasteiger charge is 1.84. The molecular weight excluding hydrogens is 260 g/mol. The largest absolute Gasteiger partial charge is 0.394 e. The quantitative estimate of drug-likeness (QED) is 0.404. The summed E-state index contributed by atoms with van der Waals surface area (Å²) in [7, 11) is 0. The van der Waals surface area contributed by atoms with Crippen molar-refractivity contribution in [3.63, 3.8) is 0 Å². The van der Waals surface area contributed by atoms with E-state index in [9.17, 15) is 0 Å². The maximum atomic E-state index is 7.62. The molecule has 126 valence electrons. The Bertz CT molecular complexity index is 107. The number of ether oxygens (including phenoxy) is 1. The van der Waals surface area contributed by atoms with Gasteiger partial charge in [0.2, 0.25) is 0 Å². The highest BCUT2D eigenvalue weighted by molar-refractivity contribution is 4.51. The van der Waals surface area contributed by atoms with Crippen LogP contribution in [0.3, 0.4) is 0 Å². The van der Waals surface area contributed by atoms with E-state index in [1.165, 1.54) is 25.7 Å². The number of allylic oxidation sites excluding steroid dienone is 1. The third-order valence-corrected chi connectivity index (χ3v) is 1.48. The number of hydrogen-bond donors (Lipinski definition) is 4. The Hall–Kier alpha value is -0.460. The van der Waals surface area contributed by atoms with Crippen molar-refractivity contribution in [2.45, 2.75) is 46.5 Å². The Morgan fingerprint density at radius 1 is 0.800 bits per heavy atom. The van der Waals surface area contributed by atoms with Gasteiger partial charge in [0.05, 0.1) is 26.4 Å². The van der Waals surface area contributed by atoms with E-state index in [0.29, 0.717) is 0 Å². The fraction of sp³-hybridized carbons (Fsp3) is 0.867. The number of aliphatic hydroxyl groups is 4. The van der Waals surface area contributed by atoms with Crippen molar-refractivity contribution in [1.82, 2.24) is 0 Å². The molecule has 0 aromatic rings. The average Bonchev–Trinajstić information content (AvgIpc) is 2.48. The second-order valence-electron chi connectivity index (χ2n) is 3.62. The van der Waals surface area contributed by atoms with Gasteiger partial charge in [-0.15, -0.1) is 6.58 Å². The van der Waals surface area contributed by atoms with E-state index >= 15 is 0 Å². The van der Waals surface area contributed by atoms with Crippen LogP contribution in [0.1, 0.15) is 46.5 Å². The minimum Gasteiger partial charge on any atom is -0.394 e. The summed E-state index contributed by atoms with van der Waals surface area (Å²) in [6, 6.07) is 0. The van der Waals surface area contributed by atoms with Gasteiger partial charge in [-0.25, -0.2) is 0 Å². The van der Waals surface area contributed by atoms with Crippen LogP contribution in [0.5, 0.6) is 0 Å². The van der Waals surface area contributed by atoms with E-state index in [0.717, 1.165) is 13.2 Å². The van der Waals surface area contributed by atoms with Gasteiger partial charge in [0.15, 0.2) is 0 Å². The minimum atomic E-state index is -0.125. The highest BCUT2D eigenvalue weighted by atomic mass is 16.5. The molecular formula is C15H36O5. The predicted molar refractivity (Wildman–Crippen MR) is 84.8 cm³/mol. The molecule has 0 saturated heterocycles. The topological polar surface area (TPSA) is 90.2 Å². The van der Waals surface area contributed by atoms with Crippen LogP contribution >= 0.6 is 0 Å². The second-order valence-corrected chi connectivity index (χ2v) is 3.62. The van der Waals surface area contributed by atoms with E-state index < -0.39 is 0 Å². The first-order valence-electron chi connectivity index (χ1n) is 7.24. The van der Waals surface area contributed by atoms with Crippen molar-refractivity contribution >= 4 is 0 Å². The molecule has 0 aromatic carbocycles. The molecule has 0 aliphatic heterocycles. The normalized spacial score (nSPS) is 8.15. The van der Waals surface area contributed by atoms with E-state index in [2.05, 4.69) is 20.4 Å². The summed E-state index contributed by atoms with van der Waals surface area (Å²) in [4.78, 5) is 0. The molecule has 0 rings (SSSR count). The van der Waals surface area contributed by atoms with Crippen LogP contribution in [-0.2, 0) is 4.74 Å². The maximum Gasteiger partial charge on any atom is 0.0662 e. The zero-order chi connectivity index (χ0) is 16.5. The molecule has 0 aliphatic rings. The molecule has 0 unspecified atom stereocenters. The SMILES string of the molecule is C=CC.CCCCOCCCC.OCCO.OCCO. The van der Waals surface area contributed by atoms with Gasteiger partial charge in [-0.2, -0.15) is 0 Å². The maximum absolute atomic E-state index is 7.62. The number of hydrogen-bond acceptors (Lipinski definition) is 5. The smallest absolute Gasteiger partial charge is 0.0662 e. The van der Waals surface area contributed by atoms with Gasteiger partial charge in [0.1, 0.15) is 0 Å². The van der Waals surface area contributed by atoms with Gasteiger partial charge < -0.3 is 25.2 Å². The predicted octanol–water partition coefficient (Wildman–Crippen LogP) is 1.74. The molecule has 4 N–H and O–H groups in total. The second kappa shape index (κ2) is 42.8. The van der Waals surface area contributed by atoms with E-state index in [1.807, 2.05) is 6.92 Å². The lowest BCUT2D eigenvalue weighted by Gasteiger charge is -1.99. The number of rotatable bonds is 8. The van der Waals surface area contributed by atoms with Crippen molar-refractivity contribution in [3.05, 3.63) is 12.7 Å². The fourth-order valence-electron chi connectivity index (χ4n) is 0.595. The molecule has 0 atom stereocenters. The van der Waals surface area contributed by atoms with Crippen LogP contribution in [0.15, 0.2) is 12.7 Å². The summed E-state index contributed by atoms with van der Waals surface area (Å²) < 4.78 is 5.31. The van der Waals surface area contributed by atoms with Crippen molar-refractivity contribution in [2.75, 3.05) is 39.6 Å². The Morgan fingerprint density at radius 2 is 1.05 bits per heavy atom. The zero-order valence-corrected chi connectivity index (χ0v) is 13.6. The molecule has 0 aliphatic carbocycles. The summed E-state index contributed by atoms with van der Waals surface area (Å²) in [5.74, 6) is 0. The van der Waals surface area contributed by atoms with Gasteiger partial charge in [-0.3, -0.25) is 0 Å². The average molecular weight is 296 g/mol. The molecule has 0 heterocycles. The Balaban J connectivity index is -0.0000000976. The van der Waals surface area contributed by atoms with Crippen LogP contribution in [0, 0.1) is 0 Å². The molecule has 0 radical (unpaired) electrons. The van der Waals surface area contributed by atoms with E-state index in [1.54, 1.807) is 6.08 Å². The first-order valence-corrected chi connectivity index (χ1v) is 7.24. The monoisotopic (exact) mass is 296 g/mol. The Labute approximate surface area is 124 Å². The standard InChI is InChI=1S/C8H18O.C3H6.2C2H6O2/c1-3-5-7-9-8-6-4-2;1-3-2;2*3-1-2-4/h3-8H2,1-2H3;3H,1H2,2H3;2*3-4H,1-2H2. The molecule has 0 spiro atoms. The van der Waals surface area contributed by atoms with Crippen LogP contribution in [0.4, 0.5) is 0 Å². The van der Waals surface area contributed by atoms with Gasteiger partial charge in [-0.05, 0) is 19.8 Å². The van der Waals surface area contributed by atoms with Crippen molar-refractivity contribution < 1.29 is 25.2 Å². The molecule has 5 heteroatoms. The number of aliphatic hydroxyl groups excluding tert-OH is 4. The van der Waals surface area contributed by atoms with E-state index in [-0.39, 0.29) is 26.4 Å². The van der Waals surface area contributed by atoms with Gasteiger partial charge >= 0.3 is 0 Å². The van der Waals surface area contributed by atoms with Crippen LogP contribution in [0.25, 0.3) is 0 Å². The molecule has 0 aromatic heterocycles. The van der Waals surface area contributed by atoms with Crippen LogP contribution < -0.4 is 0 Å². The molecule has 5 nitrogen and oxygen atoms in total. The summed E-state index contributed by atoms with van der Waals surface area (Å²) >= 11 is 0. The molecule has 0 saturated carbocycles. The summed E-state index contributed by atoms with van der Waals surface area (Å²) in [5.41, 5.74) is 0. The van der Waals surface area contributed by atoms with Crippen molar-refractivity contribution in [3.8, 4) is 0 Å². The molecule has 20 heavy (non-hydrogen) atoms. The highest BCUT2D eigenvalue weighted by Crippen LogP contribution is 1.91. The molecule has 0 bridgehead atoms. The van der Waals surface area contributed by atoms with Crippen LogP contribution in [0.2, 0.25) is 0 Å². The zero-order valence-electron chi connectivity index (χ0n) is 13.6. The van der Waals surface area contributed by atoms with Crippen LogP contribution in [-0.4, -0.2) is 60.1 Å².